The van der Waals surface area contributed by atoms with Crippen molar-refractivity contribution in [2.24, 2.45) is 0 Å². The molecule has 20 heavy (non-hydrogen) atoms. The highest BCUT2D eigenvalue weighted by atomic mass is 32.1. The van der Waals surface area contributed by atoms with Gasteiger partial charge in [-0.1, -0.05) is 30.3 Å². The van der Waals surface area contributed by atoms with Crippen LogP contribution in [-0.4, -0.2) is 22.3 Å². The van der Waals surface area contributed by atoms with Gasteiger partial charge in [0, 0.05) is 24.0 Å². The van der Waals surface area contributed by atoms with E-state index in [2.05, 4.69) is 9.36 Å². The van der Waals surface area contributed by atoms with Crippen molar-refractivity contribution in [3.05, 3.63) is 41.7 Å². The highest BCUT2D eigenvalue weighted by Gasteiger charge is 2.29. The molecule has 1 aliphatic carbocycles. The standard InChI is InChI=1S/C14H15F2N3S/c15-12(16)9-19(8-10-4-2-1-3-5-10)14-17-13(18-20-14)11-6-7-11/h1-5,11-12H,6-9H2. The molecule has 1 aliphatic rings. The highest BCUT2D eigenvalue weighted by molar-refractivity contribution is 7.09. The molecule has 106 valence electrons. The zero-order valence-electron chi connectivity index (χ0n) is 10.9. The second-order valence-electron chi connectivity index (χ2n) is 4.97. The summed E-state index contributed by atoms with van der Waals surface area (Å²) in [5, 5.41) is 0.594. The first-order chi connectivity index (χ1) is 9.72. The van der Waals surface area contributed by atoms with Crippen molar-refractivity contribution in [2.45, 2.75) is 31.7 Å². The minimum Gasteiger partial charge on any atom is -0.337 e. The lowest BCUT2D eigenvalue weighted by molar-refractivity contribution is 0.154. The van der Waals surface area contributed by atoms with E-state index in [1.54, 1.807) is 4.90 Å². The molecule has 1 heterocycles. The van der Waals surface area contributed by atoms with Crippen LogP contribution in [0.2, 0.25) is 0 Å². The van der Waals surface area contributed by atoms with E-state index < -0.39 is 6.43 Å². The fraction of sp³-hybridized carbons (Fsp3) is 0.429. The van der Waals surface area contributed by atoms with Gasteiger partial charge in [-0.05, 0) is 18.4 Å². The van der Waals surface area contributed by atoms with Crippen LogP contribution in [0.1, 0.15) is 30.1 Å². The summed E-state index contributed by atoms with van der Waals surface area (Å²) in [6.45, 7) is 0.124. The summed E-state index contributed by atoms with van der Waals surface area (Å²) in [5.41, 5.74) is 0.997. The average Bonchev–Trinajstić information content (AvgIpc) is 3.16. The Kier molecular flexibility index (Phi) is 3.91. The fourth-order valence-electron chi connectivity index (χ4n) is 2.04. The van der Waals surface area contributed by atoms with Gasteiger partial charge in [0.1, 0.15) is 5.82 Å². The van der Waals surface area contributed by atoms with Gasteiger partial charge in [0.25, 0.3) is 6.43 Å². The molecule has 2 aromatic rings. The second-order valence-corrected chi connectivity index (χ2v) is 5.70. The zero-order chi connectivity index (χ0) is 13.9. The van der Waals surface area contributed by atoms with Crippen molar-refractivity contribution in [1.29, 1.82) is 0 Å². The Bertz CT molecular complexity index is 555. The second kappa shape index (κ2) is 5.83. The maximum Gasteiger partial charge on any atom is 0.255 e. The van der Waals surface area contributed by atoms with Gasteiger partial charge in [0.2, 0.25) is 5.13 Å². The molecule has 0 spiro atoms. The summed E-state index contributed by atoms with van der Waals surface area (Å²) in [6, 6.07) is 9.59. The number of alkyl halides is 2. The summed E-state index contributed by atoms with van der Waals surface area (Å²) in [6.07, 6.45) is -0.153. The van der Waals surface area contributed by atoms with Crippen molar-refractivity contribution in [1.82, 2.24) is 9.36 Å². The molecule has 0 N–H and O–H groups in total. The van der Waals surface area contributed by atoms with Crippen molar-refractivity contribution >= 4 is 16.7 Å². The third kappa shape index (κ3) is 3.30. The number of halogens is 2. The maximum atomic E-state index is 12.8. The number of hydrogen-bond donors (Lipinski definition) is 0. The molecule has 0 unspecified atom stereocenters. The van der Waals surface area contributed by atoms with Crippen molar-refractivity contribution in [2.75, 3.05) is 11.4 Å². The Morgan fingerprint density at radius 3 is 2.65 bits per heavy atom. The van der Waals surface area contributed by atoms with Crippen molar-refractivity contribution in [3.63, 3.8) is 0 Å². The molecule has 1 fully saturated rings. The van der Waals surface area contributed by atoms with Crippen LogP contribution in [0.15, 0.2) is 30.3 Å². The number of aromatic nitrogens is 2. The van der Waals surface area contributed by atoms with Crippen molar-refractivity contribution in [3.8, 4) is 0 Å². The van der Waals surface area contributed by atoms with Crippen LogP contribution in [-0.2, 0) is 6.54 Å². The van der Waals surface area contributed by atoms with Gasteiger partial charge < -0.3 is 4.90 Å². The Balaban J connectivity index is 1.77. The first kappa shape index (κ1) is 13.4. The van der Waals surface area contributed by atoms with Gasteiger partial charge in [-0.3, -0.25) is 0 Å². The molecule has 6 heteroatoms. The van der Waals surface area contributed by atoms with E-state index in [0.29, 0.717) is 17.6 Å². The topological polar surface area (TPSA) is 29.0 Å². The van der Waals surface area contributed by atoms with Crippen LogP contribution in [0.25, 0.3) is 0 Å². The van der Waals surface area contributed by atoms with Crippen LogP contribution in [0.4, 0.5) is 13.9 Å². The molecular formula is C14H15F2N3S. The van der Waals surface area contributed by atoms with E-state index in [1.165, 1.54) is 11.5 Å². The number of hydrogen-bond acceptors (Lipinski definition) is 4. The molecule has 1 saturated carbocycles. The summed E-state index contributed by atoms with van der Waals surface area (Å²) >= 11 is 1.22. The van der Waals surface area contributed by atoms with Gasteiger partial charge in [0.15, 0.2) is 0 Å². The monoisotopic (exact) mass is 295 g/mol. The van der Waals surface area contributed by atoms with E-state index >= 15 is 0 Å². The largest absolute Gasteiger partial charge is 0.337 e. The van der Waals surface area contributed by atoms with Crippen LogP contribution in [0, 0.1) is 0 Å². The molecule has 0 saturated heterocycles. The molecule has 3 rings (SSSR count). The van der Waals surface area contributed by atoms with Gasteiger partial charge >= 0.3 is 0 Å². The molecule has 0 radical (unpaired) electrons. The zero-order valence-corrected chi connectivity index (χ0v) is 11.7. The summed E-state index contributed by atoms with van der Waals surface area (Å²) in [4.78, 5) is 6.04. The molecule has 1 aromatic heterocycles. The Hall–Kier alpha value is -1.56. The Morgan fingerprint density at radius 1 is 1.25 bits per heavy atom. The van der Waals surface area contributed by atoms with Crippen LogP contribution in [0.3, 0.4) is 0 Å². The lowest BCUT2D eigenvalue weighted by atomic mass is 10.2. The lowest BCUT2D eigenvalue weighted by Gasteiger charge is -2.20. The molecule has 1 aromatic carbocycles. The summed E-state index contributed by atoms with van der Waals surface area (Å²) < 4.78 is 29.8. The minimum atomic E-state index is -2.38. The third-order valence-corrected chi connectivity index (χ3v) is 4.01. The number of nitrogens with zero attached hydrogens (tertiary/aromatic N) is 3. The predicted octanol–water partition coefficient (Wildman–Crippen LogP) is 3.69. The molecule has 0 amide bonds. The van der Waals surface area contributed by atoms with E-state index in [0.717, 1.165) is 24.2 Å². The normalized spacial score (nSPS) is 14.8. The SMILES string of the molecule is FC(F)CN(Cc1ccccc1)c1nc(C2CC2)ns1. The quantitative estimate of drug-likeness (QED) is 0.814. The molecule has 0 aliphatic heterocycles. The van der Waals surface area contributed by atoms with Gasteiger partial charge in [-0.2, -0.15) is 4.37 Å². The van der Waals surface area contributed by atoms with Crippen LogP contribution in [0.5, 0.6) is 0 Å². The van der Waals surface area contributed by atoms with Crippen LogP contribution >= 0.6 is 11.5 Å². The smallest absolute Gasteiger partial charge is 0.255 e. The molecule has 0 atom stereocenters. The number of benzene rings is 1. The molecule has 3 nitrogen and oxygen atoms in total. The Morgan fingerprint density at radius 2 is 2.00 bits per heavy atom. The Labute approximate surface area is 120 Å². The van der Waals surface area contributed by atoms with Crippen molar-refractivity contribution < 1.29 is 8.78 Å². The number of anilines is 1. The van der Waals surface area contributed by atoms with Gasteiger partial charge in [-0.25, -0.2) is 13.8 Å². The van der Waals surface area contributed by atoms with Gasteiger partial charge in [-0.15, -0.1) is 0 Å². The van der Waals surface area contributed by atoms with E-state index in [1.807, 2.05) is 30.3 Å². The average molecular weight is 295 g/mol. The first-order valence-corrected chi connectivity index (χ1v) is 7.40. The third-order valence-electron chi connectivity index (χ3n) is 3.22. The molecular weight excluding hydrogens is 280 g/mol. The maximum absolute atomic E-state index is 12.8. The van der Waals surface area contributed by atoms with E-state index in [4.69, 9.17) is 0 Å². The van der Waals surface area contributed by atoms with Gasteiger partial charge in [0.05, 0.1) is 6.54 Å². The number of rotatable bonds is 6. The summed E-state index contributed by atoms with van der Waals surface area (Å²) in [5.74, 6) is 1.27. The molecule has 0 bridgehead atoms. The summed E-state index contributed by atoms with van der Waals surface area (Å²) in [7, 11) is 0. The van der Waals surface area contributed by atoms with Crippen LogP contribution < -0.4 is 4.90 Å². The minimum absolute atomic E-state index is 0.311. The highest BCUT2D eigenvalue weighted by Crippen LogP contribution is 2.39. The predicted molar refractivity (Wildman–Crippen MR) is 75.4 cm³/mol. The fourth-order valence-corrected chi connectivity index (χ4v) is 2.80. The first-order valence-electron chi connectivity index (χ1n) is 6.63. The van der Waals surface area contributed by atoms with E-state index in [-0.39, 0.29) is 6.54 Å². The lowest BCUT2D eigenvalue weighted by Crippen LogP contribution is -2.28. The van der Waals surface area contributed by atoms with E-state index in [9.17, 15) is 8.78 Å².